The highest BCUT2D eigenvalue weighted by molar-refractivity contribution is 7.98. The fourth-order valence-electron chi connectivity index (χ4n) is 1.54. The van der Waals surface area contributed by atoms with Crippen LogP contribution in [0.25, 0.3) is 0 Å². The fourth-order valence-corrected chi connectivity index (χ4v) is 2.00. The van der Waals surface area contributed by atoms with Gasteiger partial charge < -0.3 is 14.6 Å². The highest BCUT2D eigenvalue weighted by Crippen LogP contribution is 2.19. The molecule has 0 aliphatic carbocycles. The van der Waals surface area contributed by atoms with E-state index in [2.05, 4.69) is 0 Å². The quantitative estimate of drug-likeness (QED) is 0.813. The van der Waals surface area contributed by atoms with Crippen LogP contribution < -0.4 is 0 Å². The van der Waals surface area contributed by atoms with Crippen molar-refractivity contribution >= 4 is 29.9 Å². The van der Waals surface area contributed by atoms with Crippen LogP contribution in [0.15, 0.2) is 0 Å². The third-order valence-electron chi connectivity index (χ3n) is 2.37. The molecule has 0 saturated carbocycles. The maximum absolute atomic E-state index is 12.3. The van der Waals surface area contributed by atoms with Gasteiger partial charge in [0, 0.05) is 0 Å². The molecule has 0 saturated heterocycles. The molecule has 0 bridgehead atoms. The molecule has 1 atom stereocenters. The fraction of sp³-hybridized carbons (Fsp3) is 0.800. The summed E-state index contributed by atoms with van der Waals surface area (Å²) in [6, 6.07) is -1.34. The van der Waals surface area contributed by atoms with Gasteiger partial charge in [-0.1, -0.05) is 0 Å². The normalized spacial score (nSPS) is 13.2. The van der Waals surface area contributed by atoms with Gasteiger partial charge >= 0.3 is 18.2 Å². The maximum atomic E-state index is 12.3. The van der Waals surface area contributed by atoms with Crippen molar-refractivity contribution in [2.75, 3.05) is 12.0 Å². The van der Waals surface area contributed by atoms with Crippen LogP contribution in [0.1, 0.15) is 48.0 Å². The Labute approximate surface area is 141 Å². The molecule has 0 aromatic carbocycles. The number of amides is 2. The van der Waals surface area contributed by atoms with Crippen LogP contribution in [0.4, 0.5) is 9.59 Å². The Balaban J connectivity index is 5.53. The Morgan fingerprint density at radius 3 is 1.65 bits per heavy atom. The minimum atomic E-state index is -1.34. The minimum absolute atomic E-state index is 0.106. The lowest BCUT2D eigenvalue weighted by Crippen LogP contribution is -2.52. The summed E-state index contributed by atoms with van der Waals surface area (Å²) in [5, 5.41) is 9.40. The van der Waals surface area contributed by atoms with E-state index in [0.717, 1.165) is 0 Å². The van der Waals surface area contributed by atoms with E-state index < -0.39 is 35.4 Å². The average Bonchev–Trinajstić information content (AvgIpc) is 2.28. The second-order valence-electron chi connectivity index (χ2n) is 6.97. The second kappa shape index (κ2) is 8.42. The largest absolute Gasteiger partial charge is 0.480 e. The van der Waals surface area contributed by atoms with E-state index in [1.807, 2.05) is 6.26 Å². The lowest BCUT2D eigenvalue weighted by molar-refractivity contribution is -0.143. The van der Waals surface area contributed by atoms with Gasteiger partial charge in [0.15, 0.2) is 0 Å². The number of carbonyl (C=O) groups is 3. The Kier molecular flexibility index (Phi) is 7.90. The SMILES string of the molecule is CSCC[C@@H](C(=O)O)N(C(=O)OC(C)(C)C)C(=O)OC(C)(C)C. The molecular weight excluding hydrogens is 322 g/mol. The minimum Gasteiger partial charge on any atom is -0.480 e. The molecule has 0 spiro atoms. The molecule has 23 heavy (non-hydrogen) atoms. The summed E-state index contributed by atoms with van der Waals surface area (Å²) in [5.74, 6) is -0.810. The molecule has 0 fully saturated rings. The summed E-state index contributed by atoms with van der Waals surface area (Å²) >= 11 is 1.42. The Bertz CT molecular complexity index is 410. The number of carboxylic acid groups (broad SMARTS) is 1. The zero-order chi connectivity index (χ0) is 18.4. The number of ether oxygens (including phenoxy) is 2. The number of imide groups is 1. The first-order valence-corrected chi connectivity index (χ1v) is 8.65. The lowest BCUT2D eigenvalue weighted by Gasteiger charge is -2.31. The van der Waals surface area contributed by atoms with E-state index in [1.165, 1.54) is 11.8 Å². The predicted molar refractivity (Wildman–Crippen MR) is 88.7 cm³/mol. The lowest BCUT2D eigenvalue weighted by atomic mass is 10.2. The summed E-state index contributed by atoms with van der Waals surface area (Å²) in [4.78, 5) is 36.7. The molecule has 0 unspecified atom stereocenters. The predicted octanol–water partition coefficient (Wildman–Crippen LogP) is 3.36. The van der Waals surface area contributed by atoms with E-state index in [0.29, 0.717) is 10.7 Å². The Morgan fingerprint density at radius 1 is 1.00 bits per heavy atom. The molecular formula is C15H27NO6S. The highest BCUT2D eigenvalue weighted by atomic mass is 32.2. The van der Waals surface area contributed by atoms with Crippen molar-refractivity contribution in [2.45, 2.75) is 65.2 Å². The number of aliphatic carboxylic acids is 1. The molecule has 0 rings (SSSR count). The molecule has 2 amide bonds. The van der Waals surface area contributed by atoms with Crippen molar-refractivity contribution in [2.24, 2.45) is 0 Å². The van der Waals surface area contributed by atoms with E-state index in [9.17, 15) is 19.5 Å². The Morgan fingerprint density at radius 2 is 1.39 bits per heavy atom. The summed E-state index contributed by atoms with van der Waals surface area (Å²) < 4.78 is 10.3. The third-order valence-corrected chi connectivity index (χ3v) is 3.02. The molecule has 0 heterocycles. The van der Waals surface area contributed by atoms with Gasteiger partial charge in [-0.25, -0.2) is 14.4 Å². The van der Waals surface area contributed by atoms with Gasteiger partial charge in [-0.2, -0.15) is 16.7 Å². The van der Waals surface area contributed by atoms with Crippen molar-refractivity contribution in [3.8, 4) is 0 Å². The molecule has 7 nitrogen and oxygen atoms in total. The Hall–Kier alpha value is -1.44. The number of hydrogen-bond acceptors (Lipinski definition) is 6. The number of rotatable bonds is 5. The number of hydrogen-bond donors (Lipinski definition) is 1. The van der Waals surface area contributed by atoms with Crippen LogP contribution in [0.2, 0.25) is 0 Å². The van der Waals surface area contributed by atoms with Crippen molar-refractivity contribution in [1.82, 2.24) is 4.90 Å². The average molecular weight is 349 g/mol. The molecule has 0 aromatic rings. The van der Waals surface area contributed by atoms with Gasteiger partial charge in [0.05, 0.1) is 0 Å². The van der Waals surface area contributed by atoms with Crippen molar-refractivity contribution < 1.29 is 29.0 Å². The smallest absolute Gasteiger partial charge is 0.420 e. The summed E-state index contributed by atoms with van der Waals surface area (Å²) in [6.07, 6.45) is -0.139. The monoisotopic (exact) mass is 349 g/mol. The van der Waals surface area contributed by atoms with Gasteiger partial charge in [-0.3, -0.25) is 0 Å². The van der Waals surface area contributed by atoms with Crippen molar-refractivity contribution in [3.63, 3.8) is 0 Å². The second-order valence-corrected chi connectivity index (χ2v) is 7.95. The van der Waals surface area contributed by atoms with E-state index in [1.54, 1.807) is 41.5 Å². The summed E-state index contributed by atoms with van der Waals surface area (Å²) in [5.41, 5.74) is -1.72. The highest BCUT2D eigenvalue weighted by Gasteiger charge is 2.39. The van der Waals surface area contributed by atoms with Gasteiger partial charge in [0.25, 0.3) is 0 Å². The van der Waals surface area contributed by atoms with Crippen LogP contribution in [0.5, 0.6) is 0 Å². The van der Waals surface area contributed by atoms with Crippen LogP contribution in [-0.4, -0.2) is 57.4 Å². The first kappa shape index (κ1) is 21.6. The van der Waals surface area contributed by atoms with Crippen molar-refractivity contribution in [1.29, 1.82) is 0 Å². The van der Waals surface area contributed by atoms with Crippen LogP contribution in [0, 0.1) is 0 Å². The van der Waals surface area contributed by atoms with Gasteiger partial charge in [0.2, 0.25) is 0 Å². The molecule has 0 aliphatic rings. The molecule has 0 aromatic heterocycles. The van der Waals surface area contributed by atoms with Crippen LogP contribution in [0.3, 0.4) is 0 Å². The molecule has 134 valence electrons. The zero-order valence-electron chi connectivity index (χ0n) is 14.8. The molecule has 0 radical (unpaired) electrons. The molecule has 1 N–H and O–H groups in total. The third kappa shape index (κ3) is 8.68. The topological polar surface area (TPSA) is 93.1 Å². The number of nitrogens with zero attached hydrogens (tertiary/aromatic N) is 1. The zero-order valence-corrected chi connectivity index (χ0v) is 15.7. The van der Waals surface area contributed by atoms with Crippen LogP contribution >= 0.6 is 11.8 Å². The molecule has 8 heteroatoms. The van der Waals surface area contributed by atoms with Gasteiger partial charge in [0.1, 0.15) is 17.2 Å². The number of thioether (sulfide) groups is 1. The van der Waals surface area contributed by atoms with E-state index in [4.69, 9.17) is 9.47 Å². The molecule has 0 aliphatic heterocycles. The number of carboxylic acids is 1. The standard InChI is InChI=1S/C15H27NO6S/c1-14(2,3)21-12(19)16(13(20)22-15(4,5)6)10(11(17)18)8-9-23-7/h10H,8-9H2,1-7H3,(H,17,18)/t10-/m0/s1. The van der Waals surface area contributed by atoms with Gasteiger partial charge in [-0.05, 0) is 60.0 Å². The van der Waals surface area contributed by atoms with E-state index >= 15 is 0 Å². The number of carbonyl (C=O) groups excluding carboxylic acids is 2. The van der Waals surface area contributed by atoms with Crippen molar-refractivity contribution in [3.05, 3.63) is 0 Å². The summed E-state index contributed by atoms with van der Waals surface area (Å²) in [7, 11) is 0. The first-order chi connectivity index (χ1) is 10.3. The van der Waals surface area contributed by atoms with Gasteiger partial charge in [-0.15, -0.1) is 0 Å². The summed E-state index contributed by atoms with van der Waals surface area (Å²) in [6.45, 7) is 9.81. The first-order valence-electron chi connectivity index (χ1n) is 7.25. The maximum Gasteiger partial charge on any atom is 0.420 e. The van der Waals surface area contributed by atoms with Crippen LogP contribution in [-0.2, 0) is 14.3 Å². The van der Waals surface area contributed by atoms with E-state index in [-0.39, 0.29) is 6.42 Å².